The summed E-state index contributed by atoms with van der Waals surface area (Å²) in [6, 6.07) is 6.10. The quantitative estimate of drug-likeness (QED) is 0.819. The van der Waals surface area contributed by atoms with Crippen LogP contribution >= 0.6 is 11.5 Å². The fraction of sp³-hybridized carbons (Fsp3) is 0. The summed E-state index contributed by atoms with van der Waals surface area (Å²) in [6.45, 7) is 0. The molecule has 0 atom stereocenters. The molecule has 0 aliphatic heterocycles. The SMILES string of the molecule is NS(=O)(=O)c1cccc(Nc2nnns2)c1. The van der Waals surface area contributed by atoms with Gasteiger partial charge in [-0.3, -0.25) is 0 Å². The monoisotopic (exact) mass is 257 g/mol. The molecular weight excluding hydrogens is 250 g/mol. The van der Waals surface area contributed by atoms with Crippen molar-refractivity contribution in [3.8, 4) is 0 Å². The molecule has 1 heterocycles. The minimum absolute atomic E-state index is 0.0370. The Hall–Kier alpha value is -1.58. The van der Waals surface area contributed by atoms with Crippen molar-refractivity contribution in [2.75, 3.05) is 5.32 Å². The van der Waals surface area contributed by atoms with Crippen molar-refractivity contribution in [1.82, 2.24) is 14.8 Å². The highest BCUT2D eigenvalue weighted by Crippen LogP contribution is 2.18. The summed E-state index contributed by atoms with van der Waals surface area (Å²) in [6.07, 6.45) is 0. The third kappa shape index (κ3) is 2.51. The van der Waals surface area contributed by atoms with Gasteiger partial charge in [-0.2, -0.15) is 0 Å². The number of rotatable bonds is 3. The van der Waals surface area contributed by atoms with Crippen LogP contribution in [0, 0.1) is 0 Å². The van der Waals surface area contributed by atoms with Gasteiger partial charge in [-0.1, -0.05) is 15.7 Å². The zero-order valence-electron chi connectivity index (χ0n) is 7.86. The van der Waals surface area contributed by atoms with E-state index in [0.29, 0.717) is 10.8 Å². The highest BCUT2D eigenvalue weighted by atomic mass is 32.2. The average Bonchev–Trinajstić information content (AvgIpc) is 2.70. The van der Waals surface area contributed by atoms with Gasteiger partial charge in [-0.25, -0.2) is 13.6 Å². The Kier molecular flexibility index (Phi) is 2.81. The van der Waals surface area contributed by atoms with Crippen LogP contribution in [-0.4, -0.2) is 23.2 Å². The average molecular weight is 257 g/mol. The fourth-order valence-electron chi connectivity index (χ4n) is 1.06. The lowest BCUT2D eigenvalue weighted by Gasteiger charge is -2.03. The lowest BCUT2D eigenvalue weighted by atomic mass is 10.3. The number of hydrogen-bond acceptors (Lipinski definition) is 7. The Bertz CT molecular complexity index is 581. The first-order valence-electron chi connectivity index (χ1n) is 4.10. The number of nitrogens with one attached hydrogen (secondary N) is 1. The second kappa shape index (κ2) is 4.12. The van der Waals surface area contributed by atoms with Gasteiger partial charge >= 0.3 is 0 Å². The van der Waals surface area contributed by atoms with E-state index in [0.717, 1.165) is 11.5 Å². The molecule has 0 saturated heterocycles. The van der Waals surface area contributed by atoms with Gasteiger partial charge in [-0.15, -0.1) is 0 Å². The number of primary sulfonamides is 1. The molecule has 0 bridgehead atoms. The highest BCUT2D eigenvalue weighted by Gasteiger charge is 2.08. The van der Waals surface area contributed by atoms with Crippen molar-refractivity contribution in [3.63, 3.8) is 0 Å². The van der Waals surface area contributed by atoms with Crippen molar-refractivity contribution in [2.24, 2.45) is 5.14 Å². The number of nitrogens with two attached hydrogens (primary N) is 1. The van der Waals surface area contributed by atoms with E-state index in [-0.39, 0.29) is 4.90 Å². The van der Waals surface area contributed by atoms with Crippen LogP contribution in [0.5, 0.6) is 0 Å². The first kappa shape index (κ1) is 10.9. The minimum Gasteiger partial charge on any atom is -0.329 e. The van der Waals surface area contributed by atoms with Crippen LogP contribution in [0.2, 0.25) is 0 Å². The van der Waals surface area contributed by atoms with Crippen LogP contribution < -0.4 is 10.5 Å². The summed E-state index contributed by atoms with van der Waals surface area (Å²) in [7, 11) is -3.69. The molecule has 7 nitrogen and oxygen atoms in total. The van der Waals surface area contributed by atoms with E-state index in [1.807, 2.05) is 0 Å². The zero-order valence-corrected chi connectivity index (χ0v) is 9.49. The summed E-state index contributed by atoms with van der Waals surface area (Å²) >= 11 is 1.07. The number of nitrogens with zero attached hydrogens (tertiary/aromatic N) is 3. The van der Waals surface area contributed by atoms with Crippen molar-refractivity contribution < 1.29 is 8.42 Å². The summed E-state index contributed by atoms with van der Waals surface area (Å²) in [5.41, 5.74) is 0.560. The molecule has 0 unspecified atom stereocenters. The van der Waals surface area contributed by atoms with Gasteiger partial charge in [0.15, 0.2) is 0 Å². The lowest BCUT2D eigenvalue weighted by Crippen LogP contribution is -2.12. The third-order valence-corrected chi connectivity index (χ3v) is 3.14. The number of benzene rings is 1. The van der Waals surface area contributed by atoms with E-state index in [9.17, 15) is 8.42 Å². The Morgan fingerprint density at radius 1 is 1.38 bits per heavy atom. The highest BCUT2D eigenvalue weighted by molar-refractivity contribution is 7.89. The lowest BCUT2D eigenvalue weighted by molar-refractivity contribution is 0.598. The number of anilines is 2. The third-order valence-electron chi connectivity index (χ3n) is 1.71. The largest absolute Gasteiger partial charge is 0.329 e. The molecule has 16 heavy (non-hydrogen) atoms. The van der Waals surface area contributed by atoms with Gasteiger partial charge in [0, 0.05) is 17.2 Å². The van der Waals surface area contributed by atoms with Crippen molar-refractivity contribution >= 4 is 32.4 Å². The van der Waals surface area contributed by atoms with E-state index >= 15 is 0 Å². The Balaban J connectivity index is 2.30. The summed E-state index contributed by atoms with van der Waals surface area (Å²) in [5.74, 6) is 0. The van der Waals surface area contributed by atoms with Gasteiger partial charge in [0.05, 0.1) is 4.90 Å². The molecule has 0 saturated carbocycles. The smallest absolute Gasteiger partial charge is 0.238 e. The maximum Gasteiger partial charge on any atom is 0.238 e. The second-order valence-electron chi connectivity index (χ2n) is 2.87. The number of sulfonamides is 1. The molecule has 3 N–H and O–H groups in total. The van der Waals surface area contributed by atoms with Crippen molar-refractivity contribution in [1.29, 1.82) is 0 Å². The van der Waals surface area contributed by atoms with Crippen molar-refractivity contribution in [2.45, 2.75) is 4.90 Å². The van der Waals surface area contributed by atoms with Crippen LogP contribution in [0.25, 0.3) is 0 Å². The van der Waals surface area contributed by atoms with E-state index in [4.69, 9.17) is 5.14 Å². The normalized spacial score (nSPS) is 11.3. The summed E-state index contributed by atoms with van der Waals surface area (Å²) in [4.78, 5) is 0.0370. The Morgan fingerprint density at radius 2 is 2.19 bits per heavy atom. The van der Waals surface area contributed by atoms with Gasteiger partial charge in [0.1, 0.15) is 0 Å². The number of hydrogen-bond donors (Lipinski definition) is 2. The van der Waals surface area contributed by atoms with E-state index in [1.54, 1.807) is 12.1 Å². The Labute approximate surface area is 95.5 Å². The molecule has 9 heteroatoms. The first-order valence-corrected chi connectivity index (χ1v) is 6.42. The van der Waals surface area contributed by atoms with E-state index in [2.05, 4.69) is 20.1 Å². The standard InChI is InChI=1S/C7H7N5O2S2/c8-16(13,14)6-3-1-2-5(4-6)9-7-10-11-12-15-7/h1-4H,(H2,8,13,14)(H,9,10,12). The summed E-state index contributed by atoms with van der Waals surface area (Å²) in [5, 5.41) is 15.4. The second-order valence-corrected chi connectivity index (χ2v) is 5.16. The molecule has 0 radical (unpaired) electrons. The maximum atomic E-state index is 11.1. The Morgan fingerprint density at radius 3 is 2.81 bits per heavy atom. The molecular formula is C7H7N5O2S2. The van der Waals surface area contributed by atoms with Crippen LogP contribution in [0.4, 0.5) is 10.8 Å². The van der Waals surface area contributed by atoms with Gasteiger partial charge in [0.2, 0.25) is 15.2 Å². The molecule has 84 valence electrons. The topological polar surface area (TPSA) is 111 Å². The molecule has 0 aliphatic carbocycles. The molecule has 2 rings (SSSR count). The zero-order chi connectivity index (χ0) is 11.6. The molecule has 1 aromatic heterocycles. The van der Waals surface area contributed by atoms with Gasteiger partial charge in [0.25, 0.3) is 0 Å². The fourth-order valence-corrected chi connectivity index (χ4v) is 2.00. The van der Waals surface area contributed by atoms with Crippen molar-refractivity contribution in [3.05, 3.63) is 24.3 Å². The maximum absolute atomic E-state index is 11.1. The van der Waals surface area contributed by atoms with E-state index in [1.165, 1.54) is 12.1 Å². The molecule has 0 aliphatic rings. The molecule has 0 spiro atoms. The summed E-state index contributed by atoms with van der Waals surface area (Å²) < 4.78 is 25.8. The molecule has 0 fully saturated rings. The molecule has 2 aromatic rings. The number of aromatic nitrogens is 3. The predicted molar refractivity (Wildman–Crippen MR) is 58.8 cm³/mol. The minimum atomic E-state index is -3.69. The van der Waals surface area contributed by atoms with Crippen LogP contribution in [0.1, 0.15) is 0 Å². The first-order chi connectivity index (χ1) is 7.55. The molecule has 0 amide bonds. The van der Waals surface area contributed by atoms with Gasteiger partial charge in [-0.05, 0) is 23.4 Å². The van der Waals surface area contributed by atoms with Gasteiger partial charge < -0.3 is 5.32 Å². The van der Waals surface area contributed by atoms with Crippen LogP contribution in [0.3, 0.4) is 0 Å². The predicted octanol–water partition coefficient (Wildman–Crippen LogP) is 0.324. The van der Waals surface area contributed by atoms with Crippen LogP contribution in [-0.2, 0) is 10.0 Å². The molecule has 1 aromatic carbocycles. The van der Waals surface area contributed by atoms with Crippen LogP contribution in [0.15, 0.2) is 29.2 Å². The van der Waals surface area contributed by atoms with E-state index < -0.39 is 10.0 Å².